The lowest BCUT2D eigenvalue weighted by atomic mass is 9.96. The second-order valence-corrected chi connectivity index (χ2v) is 9.22. The number of carbonyl (C=O) groups is 2. The molecule has 1 aliphatic heterocycles. The van der Waals surface area contributed by atoms with Gasteiger partial charge < -0.3 is 9.64 Å². The molecule has 3 aromatic rings. The first kappa shape index (κ1) is 23.5. The summed E-state index contributed by atoms with van der Waals surface area (Å²) in [5, 5.41) is 6.41. The second kappa shape index (κ2) is 10.5. The minimum Gasteiger partial charge on any atom is -0.385 e. The molecule has 4 rings (SSSR count). The summed E-state index contributed by atoms with van der Waals surface area (Å²) < 4.78 is 7.06. The number of ketones is 1. The average molecular weight is 468 g/mol. The summed E-state index contributed by atoms with van der Waals surface area (Å²) >= 11 is 5.93. The molecule has 1 amide bonds. The highest BCUT2D eigenvalue weighted by molar-refractivity contribution is 6.30. The molecule has 0 aliphatic carbocycles. The highest BCUT2D eigenvalue weighted by Crippen LogP contribution is 2.25. The fourth-order valence-corrected chi connectivity index (χ4v) is 4.67. The number of ether oxygens (including phenoxy) is 1. The number of nitrogens with zero attached hydrogens (tertiary/aromatic N) is 3. The van der Waals surface area contributed by atoms with E-state index in [1.54, 1.807) is 31.4 Å². The van der Waals surface area contributed by atoms with Crippen molar-refractivity contribution in [2.45, 2.75) is 39.2 Å². The van der Waals surface area contributed by atoms with Crippen LogP contribution >= 0.6 is 11.6 Å². The average Bonchev–Trinajstić information content (AvgIpc) is 3.23. The molecule has 1 aliphatic rings. The van der Waals surface area contributed by atoms with Gasteiger partial charge in [0.1, 0.15) is 0 Å². The third kappa shape index (κ3) is 5.45. The molecule has 0 N–H and O–H groups in total. The van der Waals surface area contributed by atoms with E-state index in [9.17, 15) is 9.59 Å². The van der Waals surface area contributed by atoms with Crippen molar-refractivity contribution in [2.24, 2.45) is 5.92 Å². The molecule has 7 heteroatoms. The Balaban J connectivity index is 1.37. The van der Waals surface area contributed by atoms with Crippen LogP contribution < -0.4 is 0 Å². The normalized spacial score (nSPS) is 14.7. The number of Topliss-reactive ketones (excluding diaryl/α,β-unsaturated/α-hetero) is 1. The third-order valence-electron chi connectivity index (χ3n) is 6.50. The van der Waals surface area contributed by atoms with Gasteiger partial charge in [-0.15, -0.1) is 0 Å². The Hall–Kier alpha value is -2.70. The van der Waals surface area contributed by atoms with Gasteiger partial charge in [-0.25, -0.2) is 0 Å². The number of likely N-dealkylation sites (tertiary alicyclic amines) is 1. The van der Waals surface area contributed by atoms with E-state index in [-0.39, 0.29) is 11.7 Å². The van der Waals surface area contributed by atoms with Gasteiger partial charge in [0.25, 0.3) is 5.91 Å². The van der Waals surface area contributed by atoms with Crippen LogP contribution in [0, 0.1) is 12.8 Å². The predicted octanol–water partition coefficient (Wildman–Crippen LogP) is 5.16. The highest BCUT2D eigenvalue weighted by atomic mass is 35.5. The number of halogens is 1. The van der Waals surface area contributed by atoms with Gasteiger partial charge in [0.2, 0.25) is 0 Å². The number of hydrogen-bond donors (Lipinski definition) is 0. The van der Waals surface area contributed by atoms with Crippen LogP contribution in [-0.2, 0) is 11.3 Å². The predicted molar refractivity (Wildman–Crippen MR) is 130 cm³/mol. The monoisotopic (exact) mass is 467 g/mol. The van der Waals surface area contributed by atoms with Gasteiger partial charge in [0.15, 0.2) is 5.78 Å². The van der Waals surface area contributed by atoms with Gasteiger partial charge in [0.05, 0.1) is 5.52 Å². The quantitative estimate of drug-likeness (QED) is 0.339. The van der Waals surface area contributed by atoms with E-state index in [0.717, 1.165) is 60.9 Å². The van der Waals surface area contributed by atoms with Gasteiger partial charge in [-0.3, -0.25) is 14.3 Å². The van der Waals surface area contributed by atoms with E-state index >= 15 is 0 Å². The molecular weight excluding hydrogens is 438 g/mol. The SMILES string of the molecule is COCCCC(=O)c1ccc2nn(CC3CCN(C(=O)c4ccc(Cl)cc4)CC3)cc2c1C. The van der Waals surface area contributed by atoms with E-state index in [2.05, 4.69) is 6.20 Å². The van der Waals surface area contributed by atoms with Crippen molar-refractivity contribution in [3.05, 3.63) is 64.3 Å². The van der Waals surface area contributed by atoms with Crippen LogP contribution in [0.5, 0.6) is 0 Å². The summed E-state index contributed by atoms with van der Waals surface area (Å²) in [5.74, 6) is 0.675. The van der Waals surface area contributed by atoms with Crippen LogP contribution in [0.3, 0.4) is 0 Å². The zero-order chi connectivity index (χ0) is 23.4. The lowest BCUT2D eigenvalue weighted by Gasteiger charge is -2.32. The standard InChI is InChI=1S/C26H30ClN3O3/c1-18-22(25(31)4-3-15-33-2)9-10-24-23(18)17-30(28-24)16-19-11-13-29(14-12-19)26(32)20-5-7-21(27)8-6-20/h5-10,17,19H,3-4,11-16H2,1-2H3. The zero-order valence-corrected chi connectivity index (χ0v) is 20.0. The summed E-state index contributed by atoms with van der Waals surface area (Å²) in [4.78, 5) is 27.2. The number of aryl methyl sites for hydroxylation is 1. The number of piperidine rings is 1. The molecule has 174 valence electrons. The molecule has 6 nitrogen and oxygen atoms in total. The van der Waals surface area contributed by atoms with Crippen molar-refractivity contribution in [3.63, 3.8) is 0 Å². The number of carbonyl (C=O) groups excluding carboxylic acids is 2. The molecule has 1 saturated heterocycles. The van der Waals surface area contributed by atoms with Crippen molar-refractivity contribution in [1.29, 1.82) is 0 Å². The fraction of sp³-hybridized carbons (Fsp3) is 0.423. The number of fused-ring (bicyclic) bond motifs is 1. The Morgan fingerprint density at radius 2 is 1.85 bits per heavy atom. The van der Waals surface area contributed by atoms with E-state index in [1.165, 1.54) is 0 Å². The lowest BCUT2D eigenvalue weighted by molar-refractivity contribution is 0.0681. The maximum atomic E-state index is 12.7. The smallest absolute Gasteiger partial charge is 0.253 e. The van der Waals surface area contributed by atoms with Crippen molar-refractivity contribution in [1.82, 2.24) is 14.7 Å². The first-order valence-electron chi connectivity index (χ1n) is 11.5. The van der Waals surface area contributed by atoms with Crippen molar-refractivity contribution < 1.29 is 14.3 Å². The Labute approximate surface area is 199 Å². The molecule has 2 heterocycles. The van der Waals surface area contributed by atoms with Crippen LogP contribution in [0.25, 0.3) is 10.9 Å². The molecule has 0 bridgehead atoms. The van der Waals surface area contributed by atoms with E-state index in [4.69, 9.17) is 21.4 Å². The molecule has 33 heavy (non-hydrogen) atoms. The number of amides is 1. The fourth-order valence-electron chi connectivity index (χ4n) is 4.55. The summed E-state index contributed by atoms with van der Waals surface area (Å²) in [6.45, 7) is 4.89. The van der Waals surface area contributed by atoms with Crippen molar-refractivity contribution in [3.8, 4) is 0 Å². The van der Waals surface area contributed by atoms with Gasteiger partial charge in [-0.05, 0) is 74.1 Å². The Bertz CT molecular complexity index is 1130. The number of hydrogen-bond acceptors (Lipinski definition) is 4. The first-order valence-corrected chi connectivity index (χ1v) is 11.9. The maximum Gasteiger partial charge on any atom is 0.253 e. The van der Waals surface area contributed by atoms with E-state index in [1.807, 2.05) is 28.6 Å². The number of aromatic nitrogens is 2. The van der Waals surface area contributed by atoms with Gasteiger partial charge in [-0.2, -0.15) is 5.10 Å². The van der Waals surface area contributed by atoms with Crippen LogP contribution in [0.2, 0.25) is 5.02 Å². The highest BCUT2D eigenvalue weighted by Gasteiger charge is 2.24. The molecule has 0 unspecified atom stereocenters. The number of methoxy groups -OCH3 is 1. The van der Waals surface area contributed by atoms with Crippen molar-refractivity contribution in [2.75, 3.05) is 26.8 Å². The molecule has 1 aromatic heterocycles. The van der Waals surface area contributed by atoms with Crippen LogP contribution in [0.4, 0.5) is 0 Å². The van der Waals surface area contributed by atoms with Crippen LogP contribution in [0.15, 0.2) is 42.6 Å². The van der Waals surface area contributed by atoms with E-state index < -0.39 is 0 Å². The molecule has 2 aromatic carbocycles. The summed E-state index contributed by atoms with van der Waals surface area (Å²) in [7, 11) is 1.65. The van der Waals surface area contributed by atoms with Crippen LogP contribution in [0.1, 0.15) is 52.0 Å². The minimum absolute atomic E-state index is 0.0632. The largest absolute Gasteiger partial charge is 0.385 e. The lowest BCUT2D eigenvalue weighted by Crippen LogP contribution is -2.39. The molecule has 0 atom stereocenters. The Kier molecular flexibility index (Phi) is 7.46. The van der Waals surface area contributed by atoms with Crippen LogP contribution in [-0.4, -0.2) is 53.2 Å². The number of rotatable bonds is 8. The zero-order valence-electron chi connectivity index (χ0n) is 19.2. The summed E-state index contributed by atoms with van der Waals surface area (Å²) in [5.41, 5.74) is 3.35. The molecular formula is C26H30ClN3O3. The van der Waals surface area contributed by atoms with Crippen molar-refractivity contribution >= 4 is 34.2 Å². The third-order valence-corrected chi connectivity index (χ3v) is 6.75. The molecule has 0 spiro atoms. The second-order valence-electron chi connectivity index (χ2n) is 8.78. The maximum absolute atomic E-state index is 12.7. The Morgan fingerprint density at radius 1 is 1.12 bits per heavy atom. The first-order chi connectivity index (χ1) is 16.0. The number of benzene rings is 2. The Morgan fingerprint density at radius 3 is 2.55 bits per heavy atom. The summed E-state index contributed by atoms with van der Waals surface area (Å²) in [6, 6.07) is 10.9. The minimum atomic E-state index is 0.0632. The van der Waals surface area contributed by atoms with Gasteiger partial charge in [0, 0.05) is 67.5 Å². The van der Waals surface area contributed by atoms with E-state index in [0.29, 0.717) is 29.5 Å². The topological polar surface area (TPSA) is 64.4 Å². The molecule has 0 saturated carbocycles. The molecule has 0 radical (unpaired) electrons. The molecule has 1 fully saturated rings. The summed E-state index contributed by atoms with van der Waals surface area (Å²) in [6.07, 6.45) is 5.16. The van der Waals surface area contributed by atoms with Gasteiger partial charge in [-0.1, -0.05) is 11.6 Å². The van der Waals surface area contributed by atoms with Gasteiger partial charge >= 0.3 is 0 Å².